The molecular formula is C15H20ClNO3S. The second kappa shape index (κ2) is 5.88. The van der Waals surface area contributed by atoms with Gasteiger partial charge in [-0.15, -0.1) is 11.3 Å². The first-order chi connectivity index (χ1) is 10.1. The van der Waals surface area contributed by atoms with Crippen LogP contribution in [0.15, 0.2) is 11.4 Å². The van der Waals surface area contributed by atoms with Crippen LogP contribution < -0.4 is 0 Å². The summed E-state index contributed by atoms with van der Waals surface area (Å²) in [4.78, 5) is 14.3. The van der Waals surface area contributed by atoms with E-state index in [0.717, 1.165) is 19.3 Å². The van der Waals surface area contributed by atoms with E-state index in [4.69, 9.17) is 16.3 Å². The van der Waals surface area contributed by atoms with E-state index in [2.05, 4.69) is 0 Å². The molecule has 4 nitrogen and oxygen atoms in total. The average molecular weight is 330 g/mol. The van der Waals surface area contributed by atoms with Gasteiger partial charge in [-0.3, -0.25) is 4.79 Å². The maximum absolute atomic E-state index is 12.4. The Balaban J connectivity index is 1.63. The highest BCUT2D eigenvalue weighted by atomic mass is 35.5. The maximum Gasteiger partial charge on any atom is 0.254 e. The molecule has 1 aliphatic heterocycles. The molecule has 1 amide bonds. The van der Waals surface area contributed by atoms with Gasteiger partial charge in [0.2, 0.25) is 0 Å². The molecule has 1 aromatic rings. The van der Waals surface area contributed by atoms with Crippen LogP contribution in [0.25, 0.3) is 0 Å². The van der Waals surface area contributed by atoms with Gasteiger partial charge >= 0.3 is 0 Å². The minimum absolute atomic E-state index is 0.0368. The number of amides is 1. The van der Waals surface area contributed by atoms with Crippen molar-refractivity contribution in [1.29, 1.82) is 0 Å². The Morgan fingerprint density at radius 3 is 2.81 bits per heavy atom. The Kier molecular flexibility index (Phi) is 4.28. The van der Waals surface area contributed by atoms with E-state index in [9.17, 15) is 9.90 Å². The van der Waals surface area contributed by atoms with Crippen LogP contribution in [0.3, 0.4) is 0 Å². The second-order valence-corrected chi connectivity index (χ2v) is 7.40. The number of ether oxygens (including phenoxy) is 1. The minimum atomic E-state index is -0.290. The average Bonchev–Trinajstić information content (AvgIpc) is 2.93. The fraction of sp³-hybridized carbons (Fsp3) is 0.667. The molecule has 0 bridgehead atoms. The fourth-order valence-electron chi connectivity index (χ4n) is 3.55. The monoisotopic (exact) mass is 329 g/mol. The molecule has 2 aliphatic rings. The maximum atomic E-state index is 12.4. The molecule has 2 atom stereocenters. The fourth-order valence-corrected chi connectivity index (χ4v) is 4.40. The van der Waals surface area contributed by atoms with Gasteiger partial charge in [0, 0.05) is 36.9 Å². The van der Waals surface area contributed by atoms with E-state index < -0.39 is 0 Å². The zero-order valence-corrected chi connectivity index (χ0v) is 13.6. The van der Waals surface area contributed by atoms with E-state index in [1.54, 1.807) is 11.4 Å². The Morgan fingerprint density at radius 2 is 2.29 bits per heavy atom. The van der Waals surface area contributed by atoms with Crippen LogP contribution in [-0.2, 0) is 4.74 Å². The van der Waals surface area contributed by atoms with Gasteiger partial charge in [-0.1, -0.05) is 11.6 Å². The number of hydrogen-bond donors (Lipinski definition) is 1. The molecule has 116 valence electrons. The number of nitrogens with zero attached hydrogens (tertiary/aromatic N) is 1. The van der Waals surface area contributed by atoms with Crippen molar-refractivity contribution < 1.29 is 14.6 Å². The van der Waals surface area contributed by atoms with Crippen molar-refractivity contribution in [3.8, 4) is 0 Å². The van der Waals surface area contributed by atoms with Crippen LogP contribution in [0, 0.1) is 5.41 Å². The van der Waals surface area contributed by atoms with Crippen molar-refractivity contribution in [2.24, 2.45) is 5.41 Å². The Labute approximate surface area is 133 Å². The van der Waals surface area contributed by atoms with Crippen molar-refractivity contribution in [2.45, 2.75) is 38.4 Å². The molecule has 1 saturated carbocycles. The first-order valence-corrected chi connectivity index (χ1v) is 8.65. The standard InChI is InChI=1S/C15H20ClNO3S/c1-2-20-12-8-11(18)15(12)3-5-17(6-4-15)14(19)10-7-13(16)21-9-10/h7,9,11-12,18H,2-6,8H2,1H3. The van der Waals surface area contributed by atoms with Crippen LogP contribution in [0.2, 0.25) is 4.34 Å². The summed E-state index contributed by atoms with van der Waals surface area (Å²) in [5, 5.41) is 12.0. The normalized spacial score (nSPS) is 27.7. The van der Waals surface area contributed by atoms with E-state index >= 15 is 0 Å². The van der Waals surface area contributed by atoms with Crippen molar-refractivity contribution in [3.05, 3.63) is 21.3 Å². The van der Waals surface area contributed by atoms with Gasteiger partial charge in [0.1, 0.15) is 0 Å². The lowest BCUT2D eigenvalue weighted by Gasteiger charge is -2.56. The predicted molar refractivity (Wildman–Crippen MR) is 82.9 cm³/mol. The third-order valence-electron chi connectivity index (χ3n) is 4.91. The number of halogens is 1. The molecule has 1 N–H and O–H groups in total. The Morgan fingerprint density at radius 1 is 1.57 bits per heavy atom. The lowest BCUT2D eigenvalue weighted by Crippen LogP contribution is -2.62. The molecular weight excluding hydrogens is 310 g/mol. The first-order valence-electron chi connectivity index (χ1n) is 7.40. The number of thiophene rings is 1. The van der Waals surface area contributed by atoms with Gasteiger partial charge < -0.3 is 14.7 Å². The van der Waals surface area contributed by atoms with Crippen LogP contribution in [0.1, 0.15) is 36.5 Å². The zero-order valence-electron chi connectivity index (χ0n) is 12.0. The smallest absolute Gasteiger partial charge is 0.254 e. The van der Waals surface area contributed by atoms with Crippen LogP contribution in [0.4, 0.5) is 0 Å². The lowest BCUT2D eigenvalue weighted by atomic mass is 9.58. The molecule has 1 saturated heterocycles. The summed E-state index contributed by atoms with van der Waals surface area (Å²) in [7, 11) is 0. The molecule has 1 spiro atoms. The first kappa shape index (κ1) is 15.3. The Hall–Kier alpha value is -0.620. The van der Waals surface area contributed by atoms with E-state index in [0.29, 0.717) is 29.6 Å². The SMILES string of the molecule is CCOC1CC(O)C12CCN(C(=O)c1csc(Cl)c1)CC2. The summed E-state index contributed by atoms with van der Waals surface area (Å²) in [5.41, 5.74) is 0.524. The van der Waals surface area contributed by atoms with Crippen LogP contribution >= 0.6 is 22.9 Å². The zero-order chi connectivity index (χ0) is 15.0. The van der Waals surface area contributed by atoms with Crippen LogP contribution in [-0.4, -0.2) is 47.8 Å². The molecule has 1 aliphatic carbocycles. The van der Waals surface area contributed by atoms with Crippen molar-refractivity contribution in [3.63, 3.8) is 0 Å². The van der Waals surface area contributed by atoms with Gasteiger partial charge in [0.15, 0.2) is 0 Å². The molecule has 2 heterocycles. The third-order valence-corrected chi connectivity index (χ3v) is 6.00. The highest BCUT2D eigenvalue weighted by Crippen LogP contribution is 2.51. The van der Waals surface area contributed by atoms with E-state index in [-0.39, 0.29) is 23.5 Å². The molecule has 0 aromatic carbocycles. The lowest BCUT2D eigenvalue weighted by molar-refractivity contribution is -0.207. The quantitative estimate of drug-likeness (QED) is 0.927. The number of hydrogen-bond acceptors (Lipinski definition) is 4. The summed E-state index contributed by atoms with van der Waals surface area (Å²) in [6.45, 7) is 4.01. The molecule has 1 aromatic heterocycles. The molecule has 0 radical (unpaired) electrons. The van der Waals surface area contributed by atoms with Gasteiger partial charge in [-0.05, 0) is 25.8 Å². The van der Waals surface area contributed by atoms with Gasteiger partial charge in [-0.25, -0.2) is 0 Å². The summed E-state index contributed by atoms with van der Waals surface area (Å²) >= 11 is 7.27. The molecule has 6 heteroatoms. The van der Waals surface area contributed by atoms with Crippen molar-refractivity contribution in [1.82, 2.24) is 4.90 Å². The third kappa shape index (κ3) is 2.61. The number of piperidine rings is 1. The number of carbonyl (C=O) groups is 1. The predicted octanol–water partition coefficient (Wildman–Crippen LogP) is 2.79. The molecule has 2 fully saturated rings. The summed E-state index contributed by atoms with van der Waals surface area (Å²) in [6.07, 6.45) is 2.19. The van der Waals surface area contributed by atoms with Gasteiger partial charge in [-0.2, -0.15) is 0 Å². The van der Waals surface area contributed by atoms with Crippen molar-refractivity contribution >= 4 is 28.8 Å². The summed E-state index contributed by atoms with van der Waals surface area (Å²) in [5.74, 6) is 0.0368. The van der Waals surface area contributed by atoms with Crippen LogP contribution in [0.5, 0.6) is 0 Å². The summed E-state index contributed by atoms with van der Waals surface area (Å²) < 4.78 is 6.38. The molecule has 3 rings (SSSR count). The second-order valence-electron chi connectivity index (χ2n) is 5.86. The number of rotatable bonds is 3. The topological polar surface area (TPSA) is 49.8 Å². The minimum Gasteiger partial charge on any atom is -0.392 e. The van der Waals surface area contributed by atoms with Gasteiger partial charge in [0.25, 0.3) is 5.91 Å². The van der Waals surface area contributed by atoms with E-state index in [1.165, 1.54) is 11.3 Å². The van der Waals surface area contributed by atoms with Gasteiger partial charge in [0.05, 0.1) is 22.1 Å². The highest BCUT2D eigenvalue weighted by Gasteiger charge is 2.56. The number of likely N-dealkylation sites (tertiary alicyclic amines) is 1. The Bertz CT molecular complexity index is 523. The molecule has 21 heavy (non-hydrogen) atoms. The number of carbonyl (C=O) groups excluding carboxylic acids is 1. The van der Waals surface area contributed by atoms with Crippen molar-refractivity contribution in [2.75, 3.05) is 19.7 Å². The molecule has 2 unspecified atom stereocenters. The number of aliphatic hydroxyl groups is 1. The largest absolute Gasteiger partial charge is 0.392 e. The highest BCUT2D eigenvalue weighted by molar-refractivity contribution is 7.14. The number of aliphatic hydroxyl groups excluding tert-OH is 1. The van der Waals surface area contributed by atoms with E-state index in [1.807, 2.05) is 11.8 Å². The summed E-state index contributed by atoms with van der Waals surface area (Å²) in [6, 6.07) is 1.72.